The highest BCUT2D eigenvalue weighted by Gasteiger charge is 2.19. The molecule has 1 unspecified atom stereocenters. The number of para-hydroxylation sites is 2. The Morgan fingerprint density at radius 1 is 0.926 bits per heavy atom. The highest BCUT2D eigenvalue weighted by molar-refractivity contribution is 6.34. The Balaban J connectivity index is 1.69. The number of amides is 2. The van der Waals surface area contributed by atoms with Gasteiger partial charge in [-0.1, -0.05) is 47.5 Å². The van der Waals surface area contributed by atoms with Gasteiger partial charge in [0.25, 0.3) is 5.91 Å². The fourth-order valence-corrected chi connectivity index (χ4v) is 2.71. The van der Waals surface area contributed by atoms with Gasteiger partial charge in [0.2, 0.25) is 5.91 Å². The molecule has 6 nitrogen and oxygen atoms in total. The molecule has 2 amide bonds. The summed E-state index contributed by atoms with van der Waals surface area (Å²) in [7, 11) is 0. The van der Waals surface area contributed by atoms with Crippen LogP contribution in [0.15, 0.2) is 60.8 Å². The fourth-order valence-electron chi connectivity index (χ4n) is 2.34. The second-order valence-corrected chi connectivity index (χ2v) is 6.57. The standard InChI is InChI=1S/C19H16Cl2N4O2/c1-12(18(26)22-15-8-4-2-6-13(15)20)25-11-10-17(24-25)19(27)23-16-9-5-3-7-14(16)21/h2-12H,1H3,(H,22,26)(H,23,27). The third kappa shape index (κ3) is 4.48. The summed E-state index contributed by atoms with van der Waals surface area (Å²) in [5, 5.41) is 10.5. The topological polar surface area (TPSA) is 76.0 Å². The van der Waals surface area contributed by atoms with E-state index in [1.807, 2.05) is 0 Å². The van der Waals surface area contributed by atoms with Gasteiger partial charge in [-0.05, 0) is 37.3 Å². The minimum atomic E-state index is -0.636. The molecule has 27 heavy (non-hydrogen) atoms. The van der Waals surface area contributed by atoms with Gasteiger partial charge in [-0.15, -0.1) is 0 Å². The predicted octanol–water partition coefficient (Wildman–Crippen LogP) is 4.64. The molecule has 1 aromatic heterocycles. The van der Waals surface area contributed by atoms with Crippen LogP contribution < -0.4 is 10.6 Å². The van der Waals surface area contributed by atoms with E-state index < -0.39 is 11.9 Å². The zero-order valence-corrected chi connectivity index (χ0v) is 15.8. The summed E-state index contributed by atoms with van der Waals surface area (Å²) in [5.74, 6) is -0.718. The summed E-state index contributed by atoms with van der Waals surface area (Å²) in [5.41, 5.74) is 1.18. The molecule has 1 heterocycles. The average molecular weight is 403 g/mol. The third-order valence-electron chi connectivity index (χ3n) is 3.87. The van der Waals surface area contributed by atoms with E-state index in [0.717, 1.165) is 0 Å². The molecular weight excluding hydrogens is 387 g/mol. The highest BCUT2D eigenvalue weighted by Crippen LogP contribution is 2.22. The zero-order chi connectivity index (χ0) is 19.4. The van der Waals surface area contributed by atoms with E-state index in [4.69, 9.17) is 23.2 Å². The molecule has 0 aliphatic carbocycles. The van der Waals surface area contributed by atoms with Gasteiger partial charge in [0.15, 0.2) is 5.69 Å². The first kappa shape index (κ1) is 18.9. The third-order valence-corrected chi connectivity index (χ3v) is 4.53. The molecule has 0 bridgehead atoms. The van der Waals surface area contributed by atoms with Crippen LogP contribution in [-0.4, -0.2) is 21.6 Å². The monoisotopic (exact) mass is 402 g/mol. The highest BCUT2D eigenvalue weighted by atomic mass is 35.5. The van der Waals surface area contributed by atoms with Gasteiger partial charge in [-0.2, -0.15) is 5.10 Å². The van der Waals surface area contributed by atoms with Gasteiger partial charge in [0.1, 0.15) is 6.04 Å². The molecule has 138 valence electrons. The van der Waals surface area contributed by atoms with Crippen molar-refractivity contribution in [2.45, 2.75) is 13.0 Å². The predicted molar refractivity (Wildman–Crippen MR) is 106 cm³/mol. The second-order valence-electron chi connectivity index (χ2n) is 5.76. The molecule has 8 heteroatoms. The molecule has 0 fully saturated rings. The van der Waals surface area contributed by atoms with E-state index in [2.05, 4.69) is 15.7 Å². The van der Waals surface area contributed by atoms with Crippen LogP contribution in [0, 0.1) is 0 Å². The number of aromatic nitrogens is 2. The van der Waals surface area contributed by atoms with Crippen LogP contribution in [0.4, 0.5) is 11.4 Å². The van der Waals surface area contributed by atoms with Gasteiger partial charge in [-0.25, -0.2) is 0 Å². The molecule has 0 saturated heterocycles. The number of nitrogens with one attached hydrogen (secondary N) is 2. The summed E-state index contributed by atoms with van der Waals surface area (Å²) >= 11 is 12.1. The number of benzene rings is 2. The summed E-state index contributed by atoms with van der Waals surface area (Å²) < 4.78 is 1.41. The van der Waals surface area contributed by atoms with Crippen LogP contribution in [0.1, 0.15) is 23.5 Å². The number of rotatable bonds is 5. The normalized spacial score (nSPS) is 11.7. The molecule has 0 aliphatic heterocycles. The largest absolute Gasteiger partial charge is 0.323 e. The van der Waals surface area contributed by atoms with Crippen LogP contribution >= 0.6 is 23.2 Å². The summed E-state index contributed by atoms with van der Waals surface area (Å²) in [6.45, 7) is 1.68. The van der Waals surface area contributed by atoms with E-state index in [1.54, 1.807) is 61.7 Å². The minimum Gasteiger partial charge on any atom is -0.323 e. The lowest BCUT2D eigenvalue weighted by Gasteiger charge is -2.13. The number of hydrogen-bond acceptors (Lipinski definition) is 3. The van der Waals surface area contributed by atoms with E-state index in [1.165, 1.54) is 10.7 Å². The van der Waals surface area contributed by atoms with Crippen LogP contribution in [0.2, 0.25) is 10.0 Å². The lowest BCUT2D eigenvalue weighted by Crippen LogP contribution is -2.24. The minimum absolute atomic E-state index is 0.173. The Kier molecular flexibility index (Phi) is 5.78. The molecule has 3 aromatic rings. The summed E-state index contributed by atoms with van der Waals surface area (Å²) in [6.07, 6.45) is 1.57. The van der Waals surface area contributed by atoms with Crippen LogP contribution in [0.5, 0.6) is 0 Å². The summed E-state index contributed by atoms with van der Waals surface area (Å²) in [6, 6.07) is 14.7. The lowest BCUT2D eigenvalue weighted by molar-refractivity contribution is -0.119. The first-order chi connectivity index (χ1) is 13.0. The number of carbonyl (C=O) groups is 2. The zero-order valence-electron chi connectivity index (χ0n) is 14.3. The van der Waals surface area contributed by atoms with E-state index >= 15 is 0 Å². The first-order valence-electron chi connectivity index (χ1n) is 8.12. The van der Waals surface area contributed by atoms with Crippen molar-refractivity contribution in [2.24, 2.45) is 0 Å². The Bertz CT molecular complexity index is 987. The molecule has 2 aromatic carbocycles. The number of halogens is 2. The molecule has 3 rings (SSSR count). The van der Waals surface area contributed by atoms with Crippen molar-refractivity contribution in [3.05, 3.63) is 76.5 Å². The van der Waals surface area contributed by atoms with E-state index in [0.29, 0.717) is 21.4 Å². The van der Waals surface area contributed by atoms with Crippen LogP contribution in [0.3, 0.4) is 0 Å². The molecule has 0 saturated carbocycles. The van der Waals surface area contributed by atoms with Gasteiger partial charge in [0.05, 0.1) is 21.4 Å². The van der Waals surface area contributed by atoms with Gasteiger partial charge in [-0.3, -0.25) is 14.3 Å². The maximum Gasteiger partial charge on any atom is 0.276 e. The Hall–Kier alpha value is -2.83. The van der Waals surface area contributed by atoms with Crippen LogP contribution in [0.25, 0.3) is 0 Å². The Labute approximate surface area is 166 Å². The van der Waals surface area contributed by atoms with E-state index in [9.17, 15) is 9.59 Å². The smallest absolute Gasteiger partial charge is 0.276 e. The van der Waals surface area contributed by atoms with Crippen molar-refractivity contribution in [3.63, 3.8) is 0 Å². The van der Waals surface area contributed by atoms with Crippen molar-refractivity contribution in [2.75, 3.05) is 10.6 Å². The fraction of sp³-hybridized carbons (Fsp3) is 0.105. The van der Waals surface area contributed by atoms with Gasteiger partial charge >= 0.3 is 0 Å². The van der Waals surface area contributed by atoms with Gasteiger partial charge < -0.3 is 10.6 Å². The van der Waals surface area contributed by atoms with Crippen molar-refractivity contribution < 1.29 is 9.59 Å². The number of hydrogen-bond donors (Lipinski definition) is 2. The quantitative estimate of drug-likeness (QED) is 0.652. The molecule has 0 radical (unpaired) electrons. The van der Waals surface area contributed by atoms with Crippen molar-refractivity contribution >= 4 is 46.4 Å². The van der Waals surface area contributed by atoms with Crippen molar-refractivity contribution in [1.29, 1.82) is 0 Å². The molecule has 0 aliphatic rings. The van der Waals surface area contributed by atoms with Crippen molar-refractivity contribution in [1.82, 2.24) is 9.78 Å². The number of nitrogens with zero attached hydrogens (tertiary/aromatic N) is 2. The number of carbonyl (C=O) groups excluding carboxylic acids is 2. The maximum atomic E-state index is 12.4. The summed E-state index contributed by atoms with van der Waals surface area (Å²) in [4.78, 5) is 24.8. The first-order valence-corrected chi connectivity index (χ1v) is 8.87. The second kappa shape index (κ2) is 8.24. The SMILES string of the molecule is CC(C(=O)Nc1ccccc1Cl)n1ccc(C(=O)Nc2ccccc2Cl)n1. The maximum absolute atomic E-state index is 12.4. The van der Waals surface area contributed by atoms with E-state index in [-0.39, 0.29) is 11.6 Å². The molecule has 0 spiro atoms. The van der Waals surface area contributed by atoms with Crippen molar-refractivity contribution in [3.8, 4) is 0 Å². The molecular formula is C19H16Cl2N4O2. The molecule has 1 atom stereocenters. The Morgan fingerprint density at radius 3 is 2.07 bits per heavy atom. The van der Waals surface area contributed by atoms with Gasteiger partial charge in [0, 0.05) is 6.20 Å². The molecule has 2 N–H and O–H groups in total. The van der Waals surface area contributed by atoms with Crippen LogP contribution in [-0.2, 0) is 4.79 Å². The average Bonchev–Trinajstić information content (AvgIpc) is 3.15. The number of anilines is 2. The lowest BCUT2D eigenvalue weighted by atomic mass is 10.2. The Morgan fingerprint density at radius 2 is 1.48 bits per heavy atom.